The van der Waals surface area contributed by atoms with Crippen molar-refractivity contribution in [1.82, 2.24) is 9.97 Å². The highest BCUT2D eigenvalue weighted by molar-refractivity contribution is 9.10. The molecule has 0 spiro atoms. The van der Waals surface area contributed by atoms with Crippen molar-refractivity contribution in [2.75, 3.05) is 12.4 Å². The lowest BCUT2D eigenvalue weighted by atomic mass is 10.2. The smallest absolute Gasteiger partial charge is 0.159 e. The molecule has 0 saturated heterocycles. The SMILES string of the molecule is CNc1cnc(-c2ccc(Br)cc2)nc1C. The summed E-state index contributed by atoms with van der Waals surface area (Å²) in [5, 5.41) is 3.05. The van der Waals surface area contributed by atoms with Crippen LogP contribution in [0.1, 0.15) is 5.69 Å². The van der Waals surface area contributed by atoms with Crippen LogP contribution in [0.4, 0.5) is 5.69 Å². The number of halogens is 1. The molecule has 0 fully saturated rings. The van der Waals surface area contributed by atoms with E-state index in [1.54, 1.807) is 6.20 Å². The normalized spacial score (nSPS) is 10.2. The second-order valence-corrected chi connectivity index (χ2v) is 4.37. The monoisotopic (exact) mass is 277 g/mol. The van der Waals surface area contributed by atoms with E-state index in [-0.39, 0.29) is 0 Å². The number of aromatic nitrogens is 2. The lowest BCUT2D eigenvalue weighted by Crippen LogP contribution is -1.98. The third-order valence-electron chi connectivity index (χ3n) is 2.35. The summed E-state index contributed by atoms with van der Waals surface area (Å²) in [6.45, 7) is 1.97. The molecule has 0 aliphatic heterocycles. The summed E-state index contributed by atoms with van der Waals surface area (Å²) in [7, 11) is 1.87. The topological polar surface area (TPSA) is 37.8 Å². The molecule has 2 rings (SSSR count). The number of anilines is 1. The van der Waals surface area contributed by atoms with Crippen LogP contribution in [0.2, 0.25) is 0 Å². The van der Waals surface area contributed by atoms with E-state index in [9.17, 15) is 0 Å². The number of hydrogen-bond acceptors (Lipinski definition) is 3. The molecule has 3 nitrogen and oxygen atoms in total. The maximum absolute atomic E-state index is 4.45. The van der Waals surface area contributed by atoms with Crippen LogP contribution in [0.25, 0.3) is 11.4 Å². The minimum atomic E-state index is 0.754. The summed E-state index contributed by atoms with van der Waals surface area (Å²) in [6, 6.07) is 7.97. The molecule has 16 heavy (non-hydrogen) atoms. The molecule has 2 aromatic rings. The fourth-order valence-electron chi connectivity index (χ4n) is 1.45. The van der Waals surface area contributed by atoms with Crippen molar-refractivity contribution in [2.24, 2.45) is 0 Å². The molecule has 82 valence electrons. The standard InChI is InChI=1S/C12H12BrN3/c1-8-11(14-2)7-15-12(16-8)9-3-5-10(13)6-4-9/h3-7,14H,1-2H3. The van der Waals surface area contributed by atoms with Gasteiger partial charge in [-0.3, -0.25) is 0 Å². The maximum Gasteiger partial charge on any atom is 0.159 e. The zero-order valence-corrected chi connectivity index (χ0v) is 10.7. The van der Waals surface area contributed by atoms with Gasteiger partial charge in [0.1, 0.15) is 0 Å². The van der Waals surface area contributed by atoms with E-state index in [4.69, 9.17) is 0 Å². The van der Waals surface area contributed by atoms with Crippen LogP contribution in [0, 0.1) is 6.92 Å². The Morgan fingerprint density at radius 1 is 1.19 bits per heavy atom. The van der Waals surface area contributed by atoms with E-state index in [0.29, 0.717) is 0 Å². The van der Waals surface area contributed by atoms with Gasteiger partial charge < -0.3 is 5.32 Å². The molecule has 1 heterocycles. The molecular weight excluding hydrogens is 266 g/mol. The van der Waals surface area contributed by atoms with Gasteiger partial charge in [-0.25, -0.2) is 9.97 Å². The largest absolute Gasteiger partial charge is 0.385 e. The number of rotatable bonds is 2. The van der Waals surface area contributed by atoms with Gasteiger partial charge in [0, 0.05) is 17.1 Å². The third kappa shape index (κ3) is 2.22. The molecule has 1 aromatic heterocycles. The first-order chi connectivity index (χ1) is 7.70. The molecule has 1 aromatic carbocycles. The molecule has 0 bridgehead atoms. The lowest BCUT2D eigenvalue weighted by molar-refractivity contribution is 1.11. The number of aryl methyl sites for hydroxylation is 1. The average molecular weight is 278 g/mol. The van der Waals surface area contributed by atoms with Crippen molar-refractivity contribution >= 4 is 21.6 Å². The van der Waals surface area contributed by atoms with Crippen LogP contribution in [0.5, 0.6) is 0 Å². The maximum atomic E-state index is 4.45. The highest BCUT2D eigenvalue weighted by atomic mass is 79.9. The first-order valence-corrected chi connectivity index (χ1v) is 5.77. The Morgan fingerprint density at radius 2 is 1.88 bits per heavy atom. The Balaban J connectivity index is 2.41. The molecule has 0 aliphatic rings. The molecule has 0 amide bonds. The first-order valence-electron chi connectivity index (χ1n) is 4.98. The fraction of sp³-hybridized carbons (Fsp3) is 0.167. The summed E-state index contributed by atoms with van der Waals surface area (Å²) in [4.78, 5) is 8.78. The number of nitrogens with zero attached hydrogens (tertiary/aromatic N) is 2. The van der Waals surface area contributed by atoms with Crippen LogP contribution in [-0.4, -0.2) is 17.0 Å². The van der Waals surface area contributed by atoms with E-state index in [0.717, 1.165) is 27.2 Å². The zero-order valence-electron chi connectivity index (χ0n) is 9.16. The Hall–Kier alpha value is -1.42. The van der Waals surface area contributed by atoms with E-state index in [1.807, 2.05) is 38.2 Å². The van der Waals surface area contributed by atoms with Crippen molar-refractivity contribution in [1.29, 1.82) is 0 Å². The Labute approximate surface area is 103 Å². The van der Waals surface area contributed by atoms with E-state index in [2.05, 4.69) is 31.2 Å². The predicted molar refractivity (Wildman–Crippen MR) is 69.5 cm³/mol. The van der Waals surface area contributed by atoms with Crippen molar-refractivity contribution in [3.63, 3.8) is 0 Å². The first kappa shape index (κ1) is 11.1. The minimum Gasteiger partial charge on any atom is -0.385 e. The second kappa shape index (κ2) is 4.61. The molecule has 0 atom stereocenters. The lowest BCUT2D eigenvalue weighted by Gasteiger charge is -2.06. The second-order valence-electron chi connectivity index (χ2n) is 3.45. The molecule has 0 saturated carbocycles. The van der Waals surface area contributed by atoms with Gasteiger partial charge in [0.05, 0.1) is 17.6 Å². The van der Waals surface area contributed by atoms with Crippen LogP contribution < -0.4 is 5.32 Å². The fourth-order valence-corrected chi connectivity index (χ4v) is 1.71. The van der Waals surface area contributed by atoms with Crippen molar-refractivity contribution in [3.8, 4) is 11.4 Å². The number of nitrogens with one attached hydrogen (secondary N) is 1. The predicted octanol–water partition coefficient (Wildman–Crippen LogP) is 3.26. The van der Waals surface area contributed by atoms with Gasteiger partial charge in [-0.15, -0.1) is 0 Å². The van der Waals surface area contributed by atoms with Crippen molar-refractivity contribution in [2.45, 2.75) is 6.92 Å². The van der Waals surface area contributed by atoms with Crippen LogP contribution in [0.3, 0.4) is 0 Å². The van der Waals surface area contributed by atoms with Gasteiger partial charge in [-0.2, -0.15) is 0 Å². The Bertz CT molecular complexity index is 494. The highest BCUT2D eigenvalue weighted by Crippen LogP contribution is 2.20. The average Bonchev–Trinajstić information content (AvgIpc) is 2.30. The van der Waals surface area contributed by atoms with Crippen LogP contribution >= 0.6 is 15.9 Å². The van der Waals surface area contributed by atoms with Gasteiger partial charge in [-0.1, -0.05) is 28.1 Å². The summed E-state index contributed by atoms with van der Waals surface area (Å²) < 4.78 is 1.06. The van der Waals surface area contributed by atoms with Crippen molar-refractivity contribution in [3.05, 3.63) is 40.6 Å². The van der Waals surface area contributed by atoms with E-state index < -0.39 is 0 Å². The summed E-state index contributed by atoms with van der Waals surface area (Å²) in [6.07, 6.45) is 1.81. The van der Waals surface area contributed by atoms with Gasteiger partial charge in [0.15, 0.2) is 5.82 Å². The molecular formula is C12H12BrN3. The molecule has 0 unspecified atom stereocenters. The summed E-state index contributed by atoms with van der Waals surface area (Å²) >= 11 is 3.40. The van der Waals surface area contributed by atoms with Gasteiger partial charge in [0.2, 0.25) is 0 Å². The van der Waals surface area contributed by atoms with E-state index in [1.165, 1.54) is 0 Å². The van der Waals surface area contributed by atoms with Crippen molar-refractivity contribution < 1.29 is 0 Å². The van der Waals surface area contributed by atoms with Gasteiger partial charge >= 0.3 is 0 Å². The molecule has 0 aliphatic carbocycles. The number of benzene rings is 1. The summed E-state index contributed by atoms with van der Waals surface area (Å²) in [5.74, 6) is 0.754. The minimum absolute atomic E-state index is 0.754. The van der Waals surface area contributed by atoms with E-state index >= 15 is 0 Å². The molecule has 1 N–H and O–H groups in total. The van der Waals surface area contributed by atoms with Crippen LogP contribution in [0.15, 0.2) is 34.9 Å². The summed E-state index contributed by atoms with van der Waals surface area (Å²) in [5.41, 5.74) is 2.94. The quantitative estimate of drug-likeness (QED) is 0.916. The number of hydrogen-bond donors (Lipinski definition) is 1. The Kier molecular flexibility index (Phi) is 3.19. The molecule has 0 radical (unpaired) electrons. The Morgan fingerprint density at radius 3 is 2.44 bits per heavy atom. The van der Waals surface area contributed by atoms with Gasteiger partial charge in [0.25, 0.3) is 0 Å². The van der Waals surface area contributed by atoms with Gasteiger partial charge in [-0.05, 0) is 19.1 Å². The highest BCUT2D eigenvalue weighted by Gasteiger charge is 2.03. The zero-order chi connectivity index (χ0) is 11.5. The third-order valence-corrected chi connectivity index (χ3v) is 2.88. The van der Waals surface area contributed by atoms with Crippen LogP contribution in [-0.2, 0) is 0 Å². The molecule has 4 heteroatoms.